The van der Waals surface area contributed by atoms with E-state index >= 15 is 0 Å². The summed E-state index contributed by atoms with van der Waals surface area (Å²) in [6.07, 6.45) is 0. The first kappa shape index (κ1) is 24.3. The molecule has 0 fully saturated rings. The third kappa shape index (κ3) is 5.60. The van der Waals surface area contributed by atoms with Gasteiger partial charge in [0.05, 0.1) is 27.9 Å². The van der Waals surface area contributed by atoms with Gasteiger partial charge >= 0.3 is 6.01 Å². The molecule has 3 aromatic carbocycles. The molecule has 1 aromatic heterocycles. The number of ether oxygens (including phenoxy) is 1. The summed E-state index contributed by atoms with van der Waals surface area (Å²) in [6.45, 7) is 4.60. The van der Waals surface area contributed by atoms with Crippen molar-refractivity contribution >= 4 is 50.7 Å². The van der Waals surface area contributed by atoms with Crippen LogP contribution in [0.2, 0.25) is 10.0 Å². The molecule has 4 rings (SSSR count). The molecule has 0 saturated carbocycles. The maximum absolute atomic E-state index is 12.6. The van der Waals surface area contributed by atoms with Crippen LogP contribution in [0, 0.1) is 5.92 Å². The molecule has 0 aliphatic heterocycles. The van der Waals surface area contributed by atoms with E-state index in [0.29, 0.717) is 39.6 Å². The normalized spacial score (nSPS) is 11.0. The summed E-state index contributed by atoms with van der Waals surface area (Å²) in [7, 11) is 0. The number of halogens is 3. The lowest BCUT2D eigenvalue weighted by atomic mass is 10.2. The van der Waals surface area contributed by atoms with Gasteiger partial charge < -0.3 is 10.1 Å². The van der Waals surface area contributed by atoms with Gasteiger partial charge in [-0.05, 0) is 76.4 Å². The maximum Gasteiger partial charge on any atom is 0.336 e. The Morgan fingerprint density at radius 3 is 2.47 bits per heavy atom. The van der Waals surface area contributed by atoms with Crippen molar-refractivity contribution in [3.63, 3.8) is 0 Å². The minimum absolute atomic E-state index is 0.207. The van der Waals surface area contributed by atoms with E-state index in [-0.39, 0.29) is 11.9 Å². The number of hydrogen-bond acceptors (Lipinski definition) is 4. The standard InChI is InChI=1S/C25H21BrCl2N4O2/c1-15(2)14-34-25-30-23(16-7-12-21(27)22(28)13-16)32(31-25)18-10-8-17(9-11-18)29-24(33)19-5-3-4-6-20(19)26/h3-13,15H,14H2,1-2H3,(H,29,33). The van der Waals surface area contributed by atoms with Crippen molar-refractivity contribution in [2.45, 2.75) is 13.8 Å². The van der Waals surface area contributed by atoms with Crippen molar-refractivity contribution in [2.24, 2.45) is 5.92 Å². The number of hydrogen-bond donors (Lipinski definition) is 1. The minimum Gasteiger partial charge on any atom is -0.462 e. The molecule has 1 heterocycles. The van der Waals surface area contributed by atoms with E-state index in [1.807, 2.05) is 36.4 Å². The highest BCUT2D eigenvalue weighted by molar-refractivity contribution is 9.10. The Hall–Kier alpha value is -2.87. The van der Waals surface area contributed by atoms with Gasteiger partial charge in [0.15, 0.2) is 5.82 Å². The van der Waals surface area contributed by atoms with Gasteiger partial charge in [-0.2, -0.15) is 4.98 Å². The van der Waals surface area contributed by atoms with Gasteiger partial charge in [-0.25, -0.2) is 4.68 Å². The van der Waals surface area contributed by atoms with Gasteiger partial charge in [0.2, 0.25) is 0 Å². The molecule has 9 heteroatoms. The minimum atomic E-state index is -0.207. The fourth-order valence-electron chi connectivity index (χ4n) is 3.13. The lowest BCUT2D eigenvalue weighted by Crippen LogP contribution is -2.12. The average Bonchev–Trinajstić information content (AvgIpc) is 3.24. The summed E-state index contributed by atoms with van der Waals surface area (Å²) in [5.41, 5.74) is 2.69. The summed E-state index contributed by atoms with van der Waals surface area (Å²) >= 11 is 15.7. The molecule has 0 bridgehead atoms. The van der Waals surface area contributed by atoms with Gasteiger partial charge in [0.1, 0.15) is 0 Å². The van der Waals surface area contributed by atoms with E-state index in [2.05, 4.69) is 45.2 Å². The Morgan fingerprint density at radius 1 is 1.06 bits per heavy atom. The molecule has 1 amide bonds. The van der Waals surface area contributed by atoms with E-state index < -0.39 is 0 Å². The Labute approximate surface area is 216 Å². The van der Waals surface area contributed by atoms with Crippen LogP contribution in [0.1, 0.15) is 24.2 Å². The SMILES string of the molecule is CC(C)COc1nc(-c2ccc(Cl)c(Cl)c2)n(-c2ccc(NC(=O)c3ccccc3Br)cc2)n1. The molecule has 6 nitrogen and oxygen atoms in total. The molecule has 0 unspecified atom stereocenters. The fourth-order valence-corrected chi connectivity index (χ4v) is 3.89. The maximum atomic E-state index is 12.6. The number of amides is 1. The molecule has 0 radical (unpaired) electrons. The smallest absolute Gasteiger partial charge is 0.336 e. The van der Waals surface area contributed by atoms with Crippen LogP contribution in [-0.4, -0.2) is 27.3 Å². The Kier molecular flexibility index (Phi) is 7.56. The third-order valence-electron chi connectivity index (χ3n) is 4.80. The first-order valence-corrected chi connectivity index (χ1v) is 12.1. The number of carbonyl (C=O) groups is 1. The van der Waals surface area contributed by atoms with Crippen molar-refractivity contribution in [1.82, 2.24) is 14.8 Å². The van der Waals surface area contributed by atoms with Crippen molar-refractivity contribution in [1.29, 1.82) is 0 Å². The molecule has 0 atom stereocenters. The average molecular weight is 560 g/mol. The van der Waals surface area contributed by atoms with Crippen LogP contribution in [0.4, 0.5) is 5.69 Å². The van der Waals surface area contributed by atoms with Crippen molar-refractivity contribution in [2.75, 3.05) is 11.9 Å². The number of rotatable bonds is 7. The van der Waals surface area contributed by atoms with E-state index in [0.717, 1.165) is 15.7 Å². The lowest BCUT2D eigenvalue weighted by Gasteiger charge is -2.09. The summed E-state index contributed by atoms with van der Waals surface area (Å²) in [5, 5.41) is 8.33. The van der Waals surface area contributed by atoms with Crippen LogP contribution in [0.3, 0.4) is 0 Å². The Morgan fingerprint density at radius 2 is 1.79 bits per heavy atom. The van der Waals surface area contributed by atoms with Crippen LogP contribution >= 0.6 is 39.1 Å². The van der Waals surface area contributed by atoms with Crippen molar-refractivity contribution in [3.8, 4) is 23.1 Å². The highest BCUT2D eigenvalue weighted by atomic mass is 79.9. The highest BCUT2D eigenvalue weighted by Gasteiger charge is 2.17. The first-order chi connectivity index (χ1) is 16.3. The zero-order chi connectivity index (χ0) is 24.2. The largest absolute Gasteiger partial charge is 0.462 e. The van der Waals surface area contributed by atoms with Crippen molar-refractivity contribution in [3.05, 3.63) is 86.8 Å². The summed E-state index contributed by atoms with van der Waals surface area (Å²) in [5.74, 6) is 0.678. The van der Waals surface area contributed by atoms with E-state index in [1.54, 1.807) is 35.0 Å². The summed E-state index contributed by atoms with van der Waals surface area (Å²) in [4.78, 5) is 17.2. The van der Waals surface area contributed by atoms with Crippen LogP contribution in [0.15, 0.2) is 71.2 Å². The molecular weight excluding hydrogens is 539 g/mol. The second-order valence-electron chi connectivity index (χ2n) is 7.94. The first-order valence-electron chi connectivity index (χ1n) is 10.5. The van der Waals surface area contributed by atoms with Crippen LogP contribution < -0.4 is 10.1 Å². The monoisotopic (exact) mass is 558 g/mol. The van der Waals surface area contributed by atoms with E-state index in [9.17, 15) is 4.79 Å². The van der Waals surface area contributed by atoms with Gasteiger partial charge in [-0.3, -0.25) is 4.79 Å². The van der Waals surface area contributed by atoms with Crippen molar-refractivity contribution < 1.29 is 9.53 Å². The molecule has 0 spiro atoms. The number of nitrogens with zero attached hydrogens (tertiary/aromatic N) is 3. The van der Waals surface area contributed by atoms with Crippen LogP contribution in [-0.2, 0) is 0 Å². The van der Waals surface area contributed by atoms with E-state index in [4.69, 9.17) is 27.9 Å². The second kappa shape index (κ2) is 10.6. The predicted octanol–water partition coefficient (Wildman–Crippen LogP) is 7.29. The molecule has 34 heavy (non-hydrogen) atoms. The molecule has 1 N–H and O–H groups in total. The zero-order valence-corrected chi connectivity index (χ0v) is 21.5. The van der Waals surface area contributed by atoms with Gasteiger partial charge in [-0.15, -0.1) is 5.10 Å². The number of carbonyl (C=O) groups excluding carboxylic acids is 1. The molecule has 0 saturated heterocycles. The number of benzene rings is 3. The zero-order valence-electron chi connectivity index (χ0n) is 18.4. The second-order valence-corrected chi connectivity index (χ2v) is 9.61. The Bertz CT molecular complexity index is 1320. The lowest BCUT2D eigenvalue weighted by molar-refractivity contribution is 0.102. The van der Waals surface area contributed by atoms with Gasteiger partial charge in [-0.1, -0.05) is 49.2 Å². The van der Waals surface area contributed by atoms with Crippen LogP contribution in [0.25, 0.3) is 17.1 Å². The molecule has 0 aliphatic carbocycles. The summed E-state index contributed by atoms with van der Waals surface area (Å²) < 4.78 is 8.16. The molecule has 4 aromatic rings. The van der Waals surface area contributed by atoms with E-state index in [1.165, 1.54) is 0 Å². The molecule has 0 aliphatic rings. The summed E-state index contributed by atoms with van der Waals surface area (Å²) in [6, 6.07) is 20.1. The van der Waals surface area contributed by atoms with Crippen LogP contribution in [0.5, 0.6) is 6.01 Å². The van der Waals surface area contributed by atoms with Gasteiger partial charge in [0, 0.05) is 15.7 Å². The predicted molar refractivity (Wildman–Crippen MR) is 139 cm³/mol. The number of aromatic nitrogens is 3. The molecule has 174 valence electrons. The third-order valence-corrected chi connectivity index (χ3v) is 6.23. The molecular formula is C25H21BrCl2N4O2. The quantitative estimate of drug-likeness (QED) is 0.258. The fraction of sp³-hybridized carbons (Fsp3) is 0.160. The number of anilines is 1. The topological polar surface area (TPSA) is 69.0 Å². The highest BCUT2D eigenvalue weighted by Crippen LogP contribution is 2.30. The number of nitrogens with one attached hydrogen (secondary N) is 1. The van der Waals surface area contributed by atoms with Gasteiger partial charge in [0.25, 0.3) is 5.91 Å². The Balaban J connectivity index is 1.64.